The summed E-state index contributed by atoms with van der Waals surface area (Å²) < 4.78 is 29.0. The van der Waals surface area contributed by atoms with Crippen LogP contribution in [0.4, 0.5) is 0 Å². The second kappa shape index (κ2) is 6.71. The highest BCUT2D eigenvalue weighted by Gasteiger charge is 2.25. The van der Waals surface area contributed by atoms with Crippen molar-refractivity contribution in [1.29, 1.82) is 0 Å². The fourth-order valence-electron chi connectivity index (χ4n) is 1.70. The molecule has 0 aliphatic rings. The Hall–Kier alpha value is -1.89. The van der Waals surface area contributed by atoms with Crippen LogP contribution in [-0.4, -0.2) is 51.1 Å². The van der Waals surface area contributed by atoms with Crippen LogP contribution >= 0.6 is 0 Å². The number of hydrogen-bond acceptors (Lipinski definition) is 5. The average molecular weight is 313 g/mol. The first-order valence-electron chi connectivity index (χ1n) is 6.44. The Balaban J connectivity index is 3.07. The zero-order valence-corrected chi connectivity index (χ0v) is 13.3. The smallest absolute Gasteiger partial charge is 0.340 e. The lowest BCUT2D eigenvalue weighted by Gasteiger charge is -2.18. The van der Waals surface area contributed by atoms with Crippen LogP contribution in [0.15, 0.2) is 29.2 Å². The van der Waals surface area contributed by atoms with Crippen molar-refractivity contribution >= 4 is 21.7 Å². The molecule has 1 atom stereocenters. The first kappa shape index (κ1) is 17.2. The second-order valence-corrected chi connectivity index (χ2v) is 6.93. The van der Waals surface area contributed by atoms with Crippen LogP contribution in [0, 0.1) is 0 Å². The third kappa shape index (κ3) is 4.04. The monoisotopic (exact) mass is 313 g/mol. The topological polar surface area (TPSA) is 80.7 Å². The molecule has 1 amide bonds. The van der Waals surface area contributed by atoms with Crippen LogP contribution in [-0.2, 0) is 19.4 Å². The fourth-order valence-corrected chi connectivity index (χ4v) is 2.78. The molecule has 0 saturated heterocycles. The van der Waals surface area contributed by atoms with Crippen molar-refractivity contribution in [2.24, 2.45) is 0 Å². The van der Waals surface area contributed by atoms with Crippen LogP contribution in [0.3, 0.4) is 0 Å². The lowest BCUT2D eigenvalue weighted by molar-refractivity contribution is -0.137. The fraction of sp³-hybridized carbons (Fsp3) is 0.429. The quantitative estimate of drug-likeness (QED) is 0.761. The Morgan fingerprint density at radius 3 is 2.33 bits per heavy atom. The number of carbonyl (C=O) groups is 2. The number of benzene rings is 1. The standard InChI is InChI=1S/C14H19NO5S/c1-5-21(18,19)12-9-7-6-8-11(12)14(17)20-10(2)13(16)15(3)4/h6-10H,5H2,1-4H3/t10-/m1/s1. The molecule has 0 N–H and O–H groups in total. The van der Waals surface area contributed by atoms with Gasteiger partial charge in [-0.2, -0.15) is 0 Å². The van der Waals surface area contributed by atoms with Gasteiger partial charge in [0.2, 0.25) is 0 Å². The van der Waals surface area contributed by atoms with E-state index in [1.165, 1.54) is 36.9 Å². The Labute approximate surface area is 124 Å². The third-order valence-electron chi connectivity index (χ3n) is 2.89. The van der Waals surface area contributed by atoms with Gasteiger partial charge in [0.25, 0.3) is 5.91 Å². The molecule has 0 saturated carbocycles. The molecule has 6 nitrogen and oxygen atoms in total. The highest BCUT2D eigenvalue weighted by molar-refractivity contribution is 7.91. The molecule has 0 radical (unpaired) electrons. The number of esters is 1. The summed E-state index contributed by atoms with van der Waals surface area (Å²) in [5.41, 5.74) is -0.0576. The van der Waals surface area contributed by atoms with Crippen molar-refractivity contribution in [1.82, 2.24) is 4.90 Å². The van der Waals surface area contributed by atoms with E-state index >= 15 is 0 Å². The van der Waals surface area contributed by atoms with Gasteiger partial charge in [-0.05, 0) is 19.1 Å². The van der Waals surface area contributed by atoms with Gasteiger partial charge < -0.3 is 9.64 Å². The van der Waals surface area contributed by atoms with Crippen LogP contribution in [0.1, 0.15) is 24.2 Å². The number of rotatable bonds is 5. The minimum absolute atomic E-state index is 0.0576. The molecule has 21 heavy (non-hydrogen) atoms. The summed E-state index contributed by atoms with van der Waals surface area (Å²) in [5, 5.41) is 0. The van der Waals surface area contributed by atoms with Gasteiger partial charge in [-0.1, -0.05) is 19.1 Å². The number of carbonyl (C=O) groups excluding carboxylic acids is 2. The molecular weight excluding hydrogens is 294 g/mol. The lowest BCUT2D eigenvalue weighted by Crippen LogP contribution is -2.35. The molecule has 0 aliphatic carbocycles. The van der Waals surface area contributed by atoms with Gasteiger partial charge in [-0.25, -0.2) is 13.2 Å². The first-order chi connectivity index (χ1) is 9.70. The van der Waals surface area contributed by atoms with E-state index in [2.05, 4.69) is 0 Å². The number of amides is 1. The van der Waals surface area contributed by atoms with Gasteiger partial charge in [0.15, 0.2) is 15.9 Å². The molecule has 1 aromatic rings. The minimum Gasteiger partial charge on any atom is -0.449 e. The van der Waals surface area contributed by atoms with Gasteiger partial charge in [0.05, 0.1) is 16.2 Å². The van der Waals surface area contributed by atoms with E-state index in [0.717, 1.165) is 0 Å². The largest absolute Gasteiger partial charge is 0.449 e. The lowest BCUT2D eigenvalue weighted by atomic mass is 10.2. The van der Waals surface area contributed by atoms with Crippen LogP contribution in [0.2, 0.25) is 0 Å². The van der Waals surface area contributed by atoms with Crippen molar-refractivity contribution in [3.63, 3.8) is 0 Å². The minimum atomic E-state index is -3.54. The molecule has 0 bridgehead atoms. The summed E-state index contributed by atoms with van der Waals surface area (Å²) in [5.74, 6) is -1.33. The number of ether oxygens (including phenoxy) is 1. The van der Waals surface area contributed by atoms with Crippen LogP contribution in [0.25, 0.3) is 0 Å². The average Bonchev–Trinajstić information content (AvgIpc) is 2.46. The summed E-state index contributed by atoms with van der Waals surface area (Å²) in [6.07, 6.45) is -0.982. The molecule has 1 aromatic carbocycles. The van der Waals surface area contributed by atoms with E-state index in [1.807, 2.05) is 0 Å². The van der Waals surface area contributed by atoms with Crippen molar-refractivity contribution in [3.05, 3.63) is 29.8 Å². The van der Waals surface area contributed by atoms with Gasteiger partial charge in [0, 0.05) is 14.1 Å². The summed E-state index contributed by atoms with van der Waals surface area (Å²) in [7, 11) is -0.455. The van der Waals surface area contributed by atoms with Gasteiger partial charge in [-0.3, -0.25) is 4.79 Å². The Morgan fingerprint density at radius 2 is 1.81 bits per heavy atom. The van der Waals surface area contributed by atoms with E-state index in [4.69, 9.17) is 4.74 Å². The number of nitrogens with zero attached hydrogens (tertiary/aromatic N) is 1. The zero-order chi connectivity index (χ0) is 16.2. The highest BCUT2D eigenvalue weighted by atomic mass is 32.2. The van der Waals surface area contributed by atoms with Crippen molar-refractivity contribution < 1.29 is 22.7 Å². The molecule has 0 fully saturated rings. The summed E-state index contributed by atoms with van der Waals surface area (Å²) in [4.78, 5) is 25.0. The van der Waals surface area contributed by atoms with Crippen molar-refractivity contribution in [2.75, 3.05) is 19.8 Å². The Morgan fingerprint density at radius 1 is 1.24 bits per heavy atom. The number of sulfone groups is 1. The molecule has 0 unspecified atom stereocenters. The zero-order valence-electron chi connectivity index (χ0n) is 12.5. The SMILES string of the molecule is CCS(=O)(=O)c1ccccc1C(=O)O[C@H](C)C(=O)N(C)C. The van der Waals surface area contributed by atoms with E-state index < -0.39 is 21.9 Å². The van der Waals surface area contributed by atoms with Gasteiger partial charge >= 0.3 is 5.97 Å². The Bertz CT molecular complexity index is 637. The Kier molecular flexibility index (Phi) is 5.48. The van der Waals surface area contributed by atoms with Crippen LogP contribution < -0.4 is 0 Å². The molecule has 0 spiro atoms. The van der Waals surface area contributed by atoms with E-state index in [0.29, 0.717) is 0 Å². The predicted molar refractivity (Wildman–Crippen MR) is 77.7 cm³/mol. The van der Waals surface area contributed by atoms with Gasteiger partial charge in [-0.15, -0.1) is 0 Å². The van der Waals surface area contributed by atoms with Crippen molar-refractivity contribution in [2.45, 2.75) is 24.8 Å². The second-order valence-electron chi connectivity index (χ2n) is 4.68. The summed E-state index contributed by atoms with van der Waals surface area (Å²) >= 11 is 0. The van der Waals surface area contributed by atoms with E-state index in [1.54, 1.807) is 20.2 Å². The van der Waals surface area contributed by atoms with Crippen molar-refractivity contribution in [3.8, 4) is 0 Å². The van der Waals surface area contributed by atoms with Gasteiger partial charge in [0.1, 0.15) is 0 Å². The van der Waals surface area contributed by atoms with E-state index in [-0.39, 0.29) is 22.1 Å². The summed E-state index contributed by atoms with van der Waals surface area (Å²) in [6, 6.07) is 5.81. The molecule has 116 valence electrons. The maximum Gasteiger partial charge on any atom is 0.340 e. The molecule has 0 aromatic heterocycles. The molecule has 7 heteroatoms. The third-order valence-corrected chi connectivity index (χ3v) is 4.68. The molecule has 1 rings (SSSR count). The molecular formula is C14H19NO5S. The van der Waals surface area contributed by atoms with Crippen LogP contribution in [0.5, 0.6) is 0 Å². The maximum absolute atomic E-state index is 12.1. The van der Waals surface area contributed by atoms with E-state index in [9.17, 15) is 18.0 Å². The predicted octanol–water partition coefficient (Wildman–Crippen LogP) is 1.11. The molecule has 0 heterocycles. The number of likely N-dealkylation sites (N-methyl/N-ethyl adjacent to an activating group) is 1. The maximum atomic E-state index is 12.1. The normalized spacial score (nSPS) is 12.6. The highest BCUT2D eigenvalue weighted by Crippen LogP contribution is 2.18. The summed E-state index contributed by atoms with van der Waals surface area (Å²) in [6.45, 7) is 2.94. The first-order valence-corrected chi connectivity index (χ1v) is 8.09. The molecule has 0 aliphatic heterocycles. The number of hydrogen-bond donors (Lipinski definition) is 0.